The van der Waals surface area contributed by atoms with Gasteiger partial charge in [0, 0.05) is 15.1 Å². The van der Waals surface area contributed by atoms with Gasteiger partial charge in [-0.15, -0.1) is 11.3 Å². The zero-order chi connectivity index (χ0) is 11.0. The lowest BCUT2D eigenvalue weighted by molar-refractivity contribution is 1.06. The Hall–Kier alpha value is -1.05. The second kappa shape index (κ2) is 4.08. The first-order valence-corrected chi connectivity index (χ1v) is 6.63. The second-order valence-corrected chi connectivity index (χ2v) is 5.30. The lowest BCUT2D eigenvalue weighted by atomic mass is 9.97. The van der Waals surface area contributed by atoms with Gasteiger partial charge in [-0.3, -0.25) is 0 Å². The number of halogens is 1. The van der Waals surface area contributed by atoms with Gasteiger partial charge in [0.1, 0.15) is 0 Å². The number of benzene rings is 1. The quantitative estimate of drug-likeness (QED) is 0.642. The molecular weight excluding hydrogens is 236 g/mol. The summed E-state index contributed by atoms with van der Waals surface area (Å²) in [6, 6.07) is 6.13. The Morgan fingerprint density at radius 3 is 3.00 bits per heavy atom. The maximum atomic E-state index is 6.06. The minimum absolute atomic E-state index is 0.819. The summed E-state index contributed by atoms with van der Waals surface area (Å²) in [4.78, 5) is 0. The molecule has 0 radical (unpaired) electrons. The zero-order valence-electron chi connectivity index (χ0n) is 8.74. The van der Waals surface area contributed by atoms with E-state index in [0.29, 0.717) is 0 Å². The third kappa shape index (κ3) is 1.70. The Balaban J connectivity index is 2.20. The van der Waals surface area contributed by atoms with Crippen LogP contribution in [0, 0.1) is 0 Å². The van der Waals surface area contributed by atoms with E-state index in [1.165, 1.54) is 21.2 Å². The highest BCUT2D eigenvalue weighted by Crippen LogP contribution is 2.35. The number of allylic oxidation sites excluding steroid dienone is 4. The first-order chi connectivity index (χ1) is 7.84. The Bertz CT molecular complexity index is 590. The highest BCUT2D eigenvalue weighted by molar-refractivity contribution is 7.17. The van der Waals surface area contributed by atoms with Crippen LogP contribution < -0.4 is 0 Å². The second-order valence-electron chi connectivity index (χ2n) is 3.95. The molecule has 0 fully saturated rings. The van der Waals surface area contributed by atoms with Crippen molar-refractivity contribution in [3.05, 3.63) is 52.4 Å². The topological polar surface area (TPSA) is 0 Å². The summed E-state index contributed by atoms with van der Waals surface area (Å²) in [5.41, 5.74) is 2.78. The van der Waals surface area contributed by atoms with E-state index in [2.05, 4.69) is 35.7 Å². The summed E-state index contributed by atoms with van der Waals surface area (Å²) < 4.78 is 1.31. The number of rotatable bonds is 1. The highest BCUT2D eigenvalue weighted by atomic mass is 35.5. The van der Waals surface area contributed by atoms with E-state index >= 15 is 0 Å². The third-order valence-electron chi connectivity index (χ3n) is 2.90. The molecule has 1 aliphatic rings. The maximum absolute atomic E-state index is 6.06. The molecule has 1 aromatic heterocycles. The molecule has 3 rings (SSSR count). The molecule has 2 heteroatoms. The van der Waals surface area contributed by atoms with E-state index in [1.54, 1.807) is 11.3 Å². The van der Waals surface area contributed by atoms with Crippen molar-refractivity contribution in [2.75, 3.05) is 0 Å². The van der Waals surface area contributed by atoms with Gasteiger partial charge in [-0.25, -0.2) is 0 Å². The fourth-order valence-electron chi connectivity index (χ4n) is 2.08. The van der Waals surface area contributed by atoms with Gasteiger partial charge in [-0.05, 0) is 47.6 Å². The third-order valence-corrected chi connectivity index (χ3v) is 4.09. The number of hydrogen-bond donors (Lipinski definition) is 0. The van der Waals surface area contributed by atoms with E-state index in [9.17, 15) is 0 Å². The van der Waals surface area contributed by atoms with Crippen LogP contribution >= 0.6 is 22.9 Å². The molecule has 0 saturated heterocycles. The van der Waals surface area contributed by atoms with Crippen LogP contribution in [0.5, 0.6) is 0 Å². The number of fused-ring (bicyclic) bond motifs is 1. The number of hydrogen-bond acceptors (Lipinski definition) is 1. The Morgan fingerprint density at radius 2 is 2.19 bits per heavy atom. The largest absolute Gasteiger partial charge is 0.143 e. The van der Waals surface area contributed by atoms with Crippen LogP contribution in [0.25, 0.3) is 15.7 Å². The Kier molecular flexibility index (Phi) is 2.58. The van der Waals surface area contributed by atoms with Crippen LogP contribution in [-0.2, 0) is 0 Å². The van der Waals surface area contributed by atoms with E-state index in [4.69, 9.17) is 11.6 Å². The van der Waals surface area contributed by atoms with Crippen LogP contribution in [0.2, 0.25) is 5.02 Å². The van der Waals surface area contributed by atoms with Crippen molar-refractivity contribution in [3.8, 4) is 0 Å². The summed E-state index contributed by atoms with van der Waals surface area (Å²) in [6.07, 6.45) is 8.85. The van der Waals surface area contributed by atoms with Crippen molar-refractivity contribution < 1.29 is 0 Å². The van der Waals surface area contributed by atoms with Crippen molar-refractivity contribution in [1.82, 2.24) is 0 Å². The van der Waals surface area contributed by atoms with Crippen molar-refractivity contribution in [2.24, 2.45) is 0 Å². The average molecular weight is 247 g/mol. The molecule has 0 bridgehead atoms. The molecule has 0 aliphatic heterocycles. The van der Waals surface area contributed by atoms with E-state index < -0.39 is 0 Å². The summed E-state index contributed by atoms with van der Waals surface area (Å²) in [6.45, 7) is 0. The molecular formula is C14H11ClS. The lowest BCUT2D eigenvalue weighted by Gasteiger charge is -2.07. The number of thiophene rings is 1. The van der Waals surface area contributed by atoms with Crippen molar-refractivity contribution in [2.45, 2.75) is 12.8 Å². The van der Waals surface area contributed by atoms with E-state index in [-0.39, 0.29) is 0 Å². The summed E-state index contributed by atoms with van der Waals surface area (Å²) >= 11 is 7.85. The van der Waals surface area contributed by atoms with Crippen LogP contribution in [0.3, 0.4) is 0 Å². The molecule has 0 unspecified atom stereocenters. The smallest absolute Gasteiger partial charge is 0.0413 e. The highest BCUT2D eigenvalue weighted by Gasteiger charge is 2.09. The van der Waals surface area contributed by atoms with E-state index in [1.807, 2.05) is 6.07 Å². The predicted octanol–water partition coefficient (Wildman–Crippen LogP) is 5.29. The molecule has 0 saturated carbocycles. The minimum Gasteiger partial charge on any atom is -0.143 e. The predicted molar refractivity (Wildman–Crippen MR) is 73.2 cm³/mol. The molecule has 0 amide bonds. The summed E-state index contributed by atoms with van der Waals surface area (Å²) in [7, 11) is 0. The first kappa shape index (κ1) is 10.1. The van der Waals surface area contributed by atoms with Gasteiger partial charge in [0.2, 0.25) is 0 Å². The normalized spacial score (nSPS) is 15.4. The fourth-order valence-corrected chi connectivity index (χ4v) is 3.21. The van der Waals surface area contributed by atoms with Gasteiger partial charge in [0.25, 0.3) is 0 Å². The van der Waals surface area contributed by atoms with Gasteiger partial charge < -0.3 is 0 Å². The van der Waals surface area contributed by atoms with Gasteiger partial charge in [0.05, 0.1) is 0 Å². The molecule has 0 N–H and O–H groups in total. The van der Waals surface area contributed by atoms with Gasteiger partial charge in [-0.2, -0.15) is 0 Å². The molecule has 16 heavy (non-hydrogen) atoms. The van der Waals surface area contributed by atoms with Crippen molar-refractivity contribution >= 4 is 38.6 Å². The van der Waals surface area contributed by atoms with Gasteiger partial charge in [0.15, 0.2) is 0 Å². The Morgan fingerprint density at radius 1 is 1.25 bits per heavy atom. The molecule has 0 spiro atoms. The standard InChI is InChI=1S/C14H11ClS/c15-11-6-7-14-12(8-11)13(9-16-14)10-4-2-1-3-5-10/h1-2,4,6-9H,3,5H2. The molecule has 1 heterocycles. The first-order valence-electron chi connectivity index (χ1n) is 5.37. The van der Waals surface area contributed by atoms with Crippen LogP contribution in [0.15, 0.2) is 41.8 Å². The average Bonchev–Trinajstić information content (AvgIpc) is 2.73. The van der Waals surface area contributed by atoms with Crippen molar-refractivity contribution in [3.63, 3.8) is 0 Å². The van der Waals surface area contributed by atoms with Crippen molar-refractivity contribution in [1.29, 1.82) is 0 Å². The van der Waals surface area contributed by atoms with Crippen LogP contribution in [0.1, 0.15) is 18.4 Å². The molecule has 0 atom stereocenters. The Labute approximate surface area is 104 Å². The van der Waals surface area contributed by atoms with Gasteiger partial charge >= 0.3 is 0 Å². The lowest BCUT2D eigenvalue weighted by Crippen LogP contribution is -1.86. The maximum Gasteiger partial charge on any atom is 0.0413 e. The van der Waals surface area contributed by atoms with Crippen LogP contribution in [-0.4, -0.2) is 0 Å². The summed E-state index contributed by atoms with van der Waals surface area (Å²) in [5.74, 6) is 0. The summed E-state index contributed by atoms with van der Waals surface area (Å²) in [5, 5.41) is 4.35. The minimum atomic E-state index is 0.819. The molecule has 1 aromatic carbocycles. The molecule has 80 valence electrons. The zero-order valence-corrected chi connectivity index (χ0v) is 10.3. The van der Waals surface area contributed by atoms with E-state index in [0.717, 1.165) is 17.9 Å². The monoisotopic (exact) mass is 246 g/mol. The SMILES string of the molecule is Clc1ccc2scc(C3=CC=CCC3)c2c1. The fraction of sp³-hybridized carbons (Fsp3) is 0.143. The molecule has 0 nitrogen and oxygen atoms in total. The molecule has 1 aliphatic carbocycles. The van der Waals surface area contributed by atoms with Crippen LogP contribution in [0.4, 0.5) is 0 Å². The molecule has 2 aromatic rings. The van der Waals surface area contributed by atoms with Gasteiger partial charge in [-0.1, -0.05) is 29.8 Å².